The van der Waals surface area contributed by atoms with E-state index in [0.29, 0.717) is 6.04 Å². The maximum Gasteiger partial charge on any atom is 0.128 e. The number of quaternary nitrogens is 1. The number of hydrogen-bond donors (Lipinski definition) is 2. The molecule has 1 aliphatic carbocycles. The molecule has 0 spiro atoms. The Kier molecular flexibility index (Phi) is 13.3. The lowest BCUT2D eigenvalue weighted by Gasteiger charge is -2.19. The molecule has 3 nitrogen and oxygen atoms in total. The molecule has 1 aliphatic rings. The smallest absolute Gasteiger partial charge is 0.128 e. The summed E-state index contributed by atoms with van der Waals surface area (Å²) in [6, 6.07) is 0.443. The van der Waals surface area contributed by atoms with Gasteiger partial charge < -0.3 is 10.5 Å². The summed E-state index contributed by atoms with van der Waals surface area (Å²) in [5, 5.41) is 15.2. The van der Waals surface area contributed by atoms with Crippen molar-refractivity contribution in [3.63, 3.8) is 0 Å². The minimum Gasteiger partial charge on any atom is -0.411 e. The van der Waals surface area contributed by atoms with Crippen molar-refractivity contribution < 1.29 is 10.5 Å². The van der Waals surface area contributed by atoms with Crippen LogP contribution in [0.25, 0.3) is 0 Å². The second-order valence-corrected chi connectivity index (χ2v) is 7.36. The molecule has 1 unspecified atom stereocenters. The molecule has 136 valence electrons. The zero-order chi connectivity index (χ0) is 16.6. The average molecular weight is 326 g/mol. The Labute approximate surface area is 144 Å². The van der Waals surface area contributed by atoms with Crippen LogP contribution in [0.5, 0.6) is 0 Å². The van der Waals surface area contributed by atoms with Gasteiger partial charge in [-0.1, -0.05) is 76.3 Å². The van der Waals surface area contributed by atoms with E-state index < -0.39 is 0 Å². The largest absolute Gasteiger partial charge is 0.411 e. The Bertz CT molecular complexity index is 291. The van der Waals surface area contributed by atoms with Gasteiger partial charge in [0.1, 0.15) is 11.8 Å². The molecule has 0 aromatic heterocycles. The molecule has 1 fully saturated rings. The van der Waals surface area contributed by atoms with Crippen LogP contribution in [0.3, 0.4) is 0 Å². The highest BCUT2D eigenvalue weighted by molar-refractivity contribution is 5.87. The van der Waals surface area contributed by atoms with Gasteiger partial charge in [0.25, 0.3) is 0 Å². The number of rotatable bonds is 12. The molecule has 0 aliphatic heterocycles. The summed E-state index contributed by atoms with van der Waals surface area (Å²) in [5.41, 5.74) is 1.04. The number of nitrogens with zero attached hydrogens (tertiary/aromatic N) is 1. The predicted octanol–water partition coefficient (Wildman–Crippen LogP) is 5.02. The predicted molar refractivity (Wildman–Crippen MR) is 99.3 cm³/mol. The zero-order valence-electron chi connectivity index (χ0n) is 15.6. The number of unbranched alkanes of at least 4 members (excludes halogenated alkanes) is 9. The van der Waals surface area contributed by atoms with Gasteiger partial charge >= 0.3 is 0 Å². The molecule has 1 rings (SSSR count). The van der Waals surface area contributed by atoms with E-state index in [-0.39, 0.29) is 0 Å². The first-order chi connectivity index (χ1) is 11.4. The van der Waals surface area contributed by atoms with Gasteiger partial charge in [-0.15, -0.1) is 0 Å². The van der Waals surface area contributed by atoms with Gasteiger partial charge in [-0.2, -0.15) is 0 Å². The second-order valence-electron chi connectivity index (χ2n) is 7.36. The summed E-state index contributed by atoms with van der Waals surface area (Å²) < 4.78 is 0. The van der Waals surface area contributed by atoms with Gasteiger partial charge in [-0.05, 0) is 32.1 Å². The Morgan fingerprint density at radius 3 is 2.13 bits per heavy atom. The summed E-state index contributed by atoms with van der Waals surface area (Å²) in [6.45, 7) is 3.48. The van der Waals surface area contributed by atoms with Gasteiger partial charge in [-0.25, -0.2) is 0 Å². The van der Waals surface area contributed by atoms with E-state index in [1.54, 1.807) is 0 Å². The molecule has 3 N–H and O–H groups in total. The van der Waals surface area contributed by atoms with Crippen molar-refractivity contribution in [1.82, 2.24) is 0 Å². The van der Waals surface area contributed by atoms with Crippen molar-refractivity contribution in [3.05, 3.63) is 0 Å². The lowest BCUT2D eigenvalue weighted by Crippen LogP contribution is -2.92. The Hall–Kier alpha value is -0.570. The lowest BCUT2D eigenvalue weighted by atomic mass is 9.95. The number of nitrogens with two attached hydrogens (primary N) is 1. The standard InChI is InChI=1S/C20H40N2O/c1-2-3-4-5-6-7-8-9-12-15-18-21-19-16-13-10-11-14-17-20(19)22-23/h19,21,23H,2-18H2,1H3/p+1. The Balaban J connectivity index is 1.96. The van der Waals surface area contributed by atoms with Crippen molar-refractivity contribution in [1.29, 1.82) is 0 Å². The summed E-state index contributed by atoms with van der Waals surface area (Å²) in [5.74, 6) is 0. The highest BCUT2D eigenvalue weighted by Crippen LogP contribution is 2.14. The van der Waals surface area contributed by atoms with Crippen LogP contribution in [0.4, 0.5) is 0 Å². The van der Waals surface area contributed by atoms with Crippen LogP contribution < -0.4 is 5.32 Å². The summed E-state index contributed by atoms with van der Waals surface area (Å²) in [7, 11) is 0. The molecule has 0 aromatic carbocycles. The van der Waals surface area contributed by atoms with Crippen molar-refractivity contribution in [2.45, 2.75) is 116 Å². The van der Waals surface area contributed by atoms with Gasteiger partial charge in [0, 0.05) is 6.42 Å². The SMILES string of the molecule is CCCCCCCCCCCC[NH2+]C1CCCCCCC1=NO. The van der Waals surface area contributed by atoms with Crippen molar-refractivity contribution >= 4 is 5.71 Å². The highest BCUT2D eigenvalue weighted by atomic mass is 16.4. The van der Waals surface area contributed by atoms with E-state index in [4.69, 9.17) is 0 Å². The molecule has 23 heavy (non-hydrogen) atoms. The highest BCUT2D eigenvalue weighted by Gasteiger charge is 2.20. The fourth-order valence-electron chi connectivity index (χ4n) is 3.70. The fraction of sp³-hybridized carbons (Fsp3) is 0.950. The molecule has 0 saturated heterocycles. The lowest BCUT2D eigenvalue weighted by molar-refractivity contribution is -0.675. The monoisotopic (exact) mass is 325 g/mol. The van der Waals surface area contributed by atoms with E-state index in [1.165, 1.54) is 103 Å². The molecule has 1 atom stereocenters. The van der Waals surface area contributed by atoms with E-state index >= 15 is 0 Å². The first kappa shape index (κ1) is 20.5. The van der Waals surface area contributed by atoms with Gasteiger partial charge in [-0.3, -0.25) is 0 Å². The van der Waals surface area contributed by atoms with Gasteiger partial charge in [0.05, 0.1) is 6.54 Å². The third-order valence-electron chi connectivity index (χ3n) is 5.26. The Morgan fingerprint density at radius 1 is 0.870 bits per heavy atom. The molecule has 0 bridgehead atoms. The quantitative estimate of drug-likeness (QED) is 0.295. The molecule has 1 saturated carbocycles. The van der Waals surface area contributed by atoms with Gasteiger partial charge in [0.2, 0.25) is 0 Å². The van der Waals surface area contributed by atoms with Crippen molar-refractivity contribution in [3.8, 4) is 0 Å². The summed E-state index contributed by atoms with van der Waals surface area (Å²) in [4.78, 5) is 0. The van der Waals surface area contributed by atoms with E-state index in [0.717, 1.165) is 12.1 Å². The maximum atomic E-state index is 9.22. The van der Waals surface area contributed by atoms with Crippen LogP contribution in [0, 0.1) is 0 Å². The molecule has 0 heterocycles. The number of oxime groups is 1. The van der Waals surface area contributed by atoms with Gasteiger partial charge in [0.15, 0.2) is 0 Å². The maximum absolute atomic E-state index is 9.22. The molecule has 3 heteroatoms. The van der Waals surface area contributed by atoms with E-state index in [1.807, 2.05) is 0 Å². The second kappa shape index (κ2) is 15.0. The van der Waals surface area contributed by atoms with Crippen LogP contribution in [-0.4, -0.2) is 23.5 Å². The minimum absolute atomic E-state index is 0.443. The Morgan fingerprint density at radius 2 is 1.48 bits per heavy atom. The zero-order valence-corrected chi connectivity index (χ0v) is 15.6. The molecule has 0 radical (unpaired) electrons. The number of hydrogen-bond acceptors (Lipinski definition) is 2. The summed E-state index contributed by atoms with van der Waals surface area (Å²) in [6.07, 6.45) is 21.3. The molecule has 0 amide bonds. The third kappa shape index (κ3) is 10.8. The molecular weight excluding hydrogens is 284 g/mol. The average Bonchev–Trinajstić information content (AvgIpc) is 2.54. The van der Waals surface area contributed by atoms with Crippen LogP contribution in [-0.2, 0) is 0 Å². The summed E-state index contributed by atoms with van der Waals surface area (Å²) >= 11 is 0. The molecule has 0 aromatic rings. The van der Waals surface area contributed by atoms with Crippen LogP contribution in [0.2, 0.25) is 0 Å². The van der Waals surface area contributed by atoms with Crippen LogP contribution in [0.15, 0.2) is 5.16 Å². The van der Waals surface area contributed by atoms with Crippen molar-refractivity contribution in [2.75, 3.05) is 6.54 Å². The van der Waals surface area contributed by atoms with Crippen molar-refractivity contribution in [2.24, 2.45) is 5.16 Å². The first-order valence-corrected chi connectivity index (χ1v) is 10.4. The normalized spacial score (nSPS) is 21.3. The first-order valence-electron chi connectivity index (χ1n) is 10.4. The minimum atomic E-state index is 0.443. The third-order valence-corrected chi connectivity index (χ3v) is 5.26. The fourth-order valence-corrected chi connectivity index (χ4v) is 3.70. The van der Waals surface area contributed by atoms with E-state index in [2.05, 4.69) is 17.4 Å². The van der Waals surface area contributed by atoms with Crippen LogP contribution >= 0.6 is 0 Å². The molecular formula is C20H41N2O+. The van der Waals surface area contributed by atoms with Crippen LogP contribution in [0.1, 0.15) is 110 Å². The topological polar surface area (TPSA) is 49.2 Å². The van der Waals surface area contributed by atoms with E-state index in [9.17, 15) is 5.21 Å².